The molecule has 1 fully saturated rings. The number of unbranched alkanes of at least 4 members (excludes halogenated alkanes) is 3. The Morgan fingerprint density at radius 2 is 1.98 bits per heavy atom. The molecule has 0 aromatic carbocycles. The first-order chi connectivity index (χ1) is 18.8. The third kappa shape index (κ3) is 11.0. The minimum Gasteiger partial charge on any atom is -0.756 e. The summed E-state index contributed by atoms with van der Waals surface area (Å²) in [7, 11) is -4.86. The van der Waals surface area contributed by atoms with Gasteiger partial charge in [-0.3, -0.25) is 23.7 Å². The number of phosphoric ester groups is 1. The van der Waals surface area contributed by atoms with Crippen molar-refractivity contribution in [3.63, 3.8) is 0 Å². The van der Waals surface area contributed by atoms with Crippen LogP contribution in [-0.4, -0.2) is 71.3 Å². The van der Waals surface area contributed by atoms with Crippen molar-refractivity contribution in [3.8, 4) is 0 Å². The van der Waals surface area contributed by atoms with Crippen molar-refractivity contribution in [1.29, 1.82) is 0 Å². The van der Waals surface area contributed by atoms with Gasteiger partial charge in [-0.15, -0.1) is 0 Å². The summed E-state index contributed by atoms with van der Waals surface area (Å²) in [5.41, 5.74) is 3.71. The highest BCUT2D eigenvalue weighted by atomic mass is 31.2. The van der Waals surface area contributed by atoms with E-state index in [1.54, 1.807) is 27.7 Å². The first kappa shape index (κ1) is 34.0. The highest BCUT2D eigenvalue weighted by Gasteiger charge is 2.48. The zero-order valence-corrected chi connectivity index (χ0v) is 24.3. The number of phosphoric acid groups is 1. The molecule has 5 N–H and O–H groups in total. The fourth-order valence-corrected chi connectivity index (χ4v) is 4.89. The van der Waals surface area contributed by atoms with Gasteiger partial charge in [-0.25, -0.2) is 4.79 Å². The molecule has 5 atom stereocenters. The van der Waals surface area contributed by atoms with E-state index in [0.717, 1.165) is 42.5 Å². The van der Waals surface area contributed by atoms with Gasteiger partial charge < -0.3 is 39.6 Å². The van der Waals surface area contributed by atoms with E-state index in [4.69, 9.17) is 24.3 Å². The molecule has 1 saturated heterocycles. The molecule has 1 aromatic heterocycles. The van der Waals surface area contributed by atoms with Crippen LogP contribution in [0.1, 0.15) is 65.2 Å². The summed E-state index contributed by atoms with van der Waals surface area (Å²) in [6, 6.07) is 0. The number of H-pyrrole nitrogens is 1. The molecule has 1 aromatic rings. The molecule has 1 amide bonds. The van der Waals surface area contributed by atoms with Gasteiger partial charge in [0, 0.05) is 18.8 Å². The lowest BCUT2D eigenvalue weighted by atomic mass is 10.1. The maximum Gasteiger partial charge on any atom is 0.330 e. The molecule has 0 bridgehead atoms. The van der Waals surface area contributed by atoms with Crippen LogP contribution in [0.3, 0.4) is 0 Å². The molecule has 15 heteroatoms. The summed E-state index contributed by atoms with van der Waals surface area (Å²) in [5, 5.41) is 13.7. The molecule has 0 radical (unpaired) electrons. The smallest absolute Gasteiger partial charge is 0.330 e. The standard InChI is InChI=1S/C25H43N4O10P/c1-16(2)14-37-40(34,35)39-22-19(15-36-17(3)4)38-24(21(22)31)29-13-18(23(32)28-25(29)33)9-10-20(30)27-12-8-6-5-7-11-26/h9-10,13,16-17,19,21-22,24,31H,5-8,11-12,14-15,26H2,1-4H3,(H,27,30)(H,34,35)(H,28,32,33)/p-1/b10-9+/t19-,21?,22+,24-/m1/s1. The van der Waals surface area contributed by atoms with Crippen molar-refractivity contribution in [2.75, 3.05) is 26.3 Å². The van der Waals surface area contributed by atoms with E-state index in [-0.39, 0.29) is 30.8 Å². The fourth-order valence-electron chi connectivity index (χ4n) is 3.79. The van der Waals surface area contributed by atoms with Gasteiger partial charge in [-0.05, 0) is 45.2 Å². The Labute approximate surface area is 233 Å². The van der Waals surface area contributed by atoms with E-state index in [1.807, 2.05) is 0 Å². The van der Waals surface area contributed by atoms with E-state index in [2.05, 4.69) is 10.3 Å². The highest BCUT2D eigenvalue weighted by Crippen LogP contribution is 2.45. The maximum absolute atomic E-state index is 12.6. The largest absolute Gasteiger partial charge is 0.756 e. The third-order valence-corrected chi connectivity index (χ3v) is 6.80. The van der Waals surface area contributed by atoms with E-state index in [1.165, 1.54) is 6.08 Å². The first-order valence-electron chi connectivity index (χ1n) is 13.4. The number of hydrogen-bond acceptors (Lipinski definition) is 11. The molecular weight excluding hydrogens is 547 g/mol. The number of ether oxygens (including phenoxy) is 2. The summed E-state index contributed by atoms with van der Waals surface area (Å²) in [6.45, 7) is 7.82. The predicted molar refractivity (Wildman–Crippen MR) is 145 cm³/mol. The monoisotopic (exact) mass is 589 g/mol. The number of nitrogens with one attached hydrogen (secondary N) is 2. The van der Waals surface area contributed by atoms with Crippen LogP contribution in [0.2, 0.25) is 0 Å². The second kappa shape index (κ2) is 16.3. The molecule has 2 rings (SSSR count). The third-order valence-electron chi connectivity index (χ3n) is 5.83. The lowest BCUT2D eigenvalue weighted by Gasteiger charge is -2.30. The number of nitrogens with two attached hydrogens (primary N) is 1. The number of carbonyl (C=O) groups is 1. The number of carbonyl (C=O) groups excluding carboxylic acids is 1. The van der Waals surface area contributed by atoms with Crippen LogP contribution in [0.4, 0.5) is 0 Å². The molecule has 2 unspecified atom stereocenters. The zero-order chi connectivity index (χ0) is 29.9. The second-order valence-corrected chi connectivity index (χ2v) is 11.6. The second-order valence-electron chi connectivity index (χ2n) is 10.2. The van der Waals surface area contributed by atoms with E-state index in [9.17, 15) is 28.9 Å². The summed E-state index contributed by atoms with van der Waals surface area (Å²) >= 11 is 0. The van der Waals surface area contributed by atoms with Gasteiger partial charge in [0.2, 0.25) is 5.91 Å². The van der Waals surface area contributed by atoms with E-state index < -0.39 is 49.5 Å². The molecule has 14 nitrogen and oxygen atoms in total. The highest BCUT2D eigenvalue weighted by molar-refractivity contribution is 7.45. The average molecular weight is 590 g/mol. The maximum atomic E-state index is 12.6. The Kier molecular flexibility index (Phi) is 13.9. The molecule has 0 spiro atoms. The number of aromatic amines is 1. The van der Waals surface area contributed by atoms with Crippen LogP contribution >= 0.6 is 7.82 Å². The molecule has 2 heterocycles. The Bertz CT molecular complexity index is 1140. The summed E-state index contributed by atoms with van der Waals surface area (Å²) in [4.78, 5) is 51.7. The predicted octanol–water partition coefficient (Wildman–Crippen LogP) is 0.395. The van der Waals surface area contributed by atoms with Crippen LogP contribution in [0.5, 0.6) is 0 Å². The minimum atomic E-state index is -4.86. The Hall–Kier alpha value is -2.16. The Morgan fingerprint density at radius 1 is 1.27 bits per heavy atom. The number of amides is 1. The topological polar surface area (TPSA) is 207 Å². The Balaban J connectivity index is 2.21. The molecule has 1 aliphatic heterocycles. The summed E-state index contributed by atoms with van der Waals surface area (Å²) in [5.74, 6) is -0.530. The van der Waals surface area contributed by atoms with Crippen molar-refractivity contribution in [2.45, 2.75) is 84.0 Å². The first-order valence-corrected chi connectivity index (χ1v) is 14.9. The van der Waals surface area contributed by atoms with Gasteiger partial charge in [0.15, 0.2) is 6.23 Å². The Morgan fingerprint density at radius 3 is 2.62 bits per heavy atom. The molecule has 228 valence electrons. The van der Waals surface area contributed by atoms with Gasteiger partial charge in [0.05, 0.1) is 24.9 Å². The number of hydrogen-bond donors (Lipinski definition) is 4. The van der Waals surface area contributed by atoms with Crippen LogP contribution in [0, 0.1) is 5.92 Å². The summed E-state index contributed by atoms with van der Waals surface area (Å²) < 4.78 is 34.7. The van der Waals surface area contributed by atoms with Crippen molar-refractivity contribution >= 4 is 19.8 Å². The van der Waals surface area contributed by atoms with Gasteiger partial charge in [-0.2, -0.15) is 0 Å². The normalized spacial score (nSPS) is 22.8. The molecule has 0 saturated carbocycles. The average Bonchev–Trinajstić information content (AvgIpc) is 3.17. The number of aliphatic hydroxyl groups excluding tert-OH is 1. The van der Waals surface area contributed by atoms with Crippen LogP contribution < -0.4 is 27.2 Å². The van der Waals surface area contributed by atoms with Gasteiger partial charge in [-0.1, -0.05) is 26.7 Å². The minimum absolute atomic E-state index is 0.0670. The fraction of sp³-hybridized carbons (Fsp3) is 0.720. The van der Waals surface area contributed by atoms with Crippen molar-refractivity contribution in [3.05, 3.63) is 38.7 Å². The zero-order valence-electron chi connectivity index (χ0n) is 23.4. The van der Waals surface area contributed by atoms with Gasteiger partial charge >= 0.3 is 5.69 Å². The number of rotatable bonds is 17. The SMILES string of the molecule is CC(C)COP(=O)([O-])O[C@@H]1C(O)[C@H](n2cc(/C=C/C(=O)NCCCCCCN)c(=O)[nH]c2=O)O[C@@H]1COC(C)C. The lowest BCUT2D eigenvalue weighted by molar-refractivity contribution is -0.234. The van der Waals surface area contributed by atoms with E-state index in [0.29, 0.717) is 13.1 Å². The van der Waals surface area contributed by atoms with Gasteiger partial charge in [0.1, 0.15) is 18.3 Å². The lowest BCUT2D eigenvalue weighted by Crippen LogP contribution is -2.40. The van der Waals surface area contributed by atoms with Crippen LogP contribution in [0.15, 0.2) is 21.9 Å². The quantitative estimate of drug-likeness (QED) is 0.111. The number of aliphatic hydroxyl groups is 1. The molecule has 1 aliphatic rings. The van der Waals surface area contributed by atoms with Crippen LogP contribution in [0.25, 0.3) is 6.08 Å². The number of aromatic nitrogens is 2. The van der Waals surface area contributed by atoms with E-state index >= 15 is 0 Å². The van der Waals surface area contributed by atoms with Crippen LogP contribution in [-0.2, 0) is 27.9 Å². The summed E-state index contributed by atoms with van der Waals surface area (Å²) in [6.07, 6.45) is 1.18. The van der Waals surface area contributed by atoms with Crippen molar-refractivity contribution in [1.82, 2.24) is 14.9 Å². The van der Waals surface area contributed by atoms with Crippen molar-refractivity contribution in [2.24, 2.45) is 11.7 Å². The molecule has 0 aliphatic carbocycles. The van der Waals surface area contributed by atoms with Gasteiger partial charge in [0.25, 0.3) is 13.4 Å². The number of nitrogens with zero attached hydrogens (tertiary/aromatic N) is 1. The molecule has 40 heavy (non-hydrogen) atoms. The van der Waals surface area contributed by atoms with Crippen molar-refractivity contribution < 1.29 is 37.9 Å². The molecular formula is C25H42N4O10P-.